The molecule has 0 bridgehead atoms. The van der Waals surface area contributed by atoms with E-state index in [4.69, 9.17) is 10.8 Å². The normalized spacial score (nSPS) is 14.5. The molecule has 0 heterocycles. The van der Waals surface area contributed by atoms with E-state index in [1.54, 1.807) is 0 Å². The van der Waals surface area contributed by atoms with Crippen LogP contribution in [-0.4, -0.2) is 29.2 Å². The fourth-order valence-corrected chi connectivity index (χ4v) is 0.503. The Morgan fingerprint density at radius 2 is 2.09 bits per heavy atom. The number of nitrogens with one attached hydrogen (secondary N) is 1. The molecule has 0 fully saturated rings. The van der Waals surface area contributed by atoms with Crippen LogP contribution in [0.4, 0.5) is 0 Å². The van der Waals surface area contributed by atoms with Gasteiger partial charge in [0.15, 0.2) is 0 Å². The summed E-state index contributed by atoms with van der Waals surface area (Å²) in [5.74, 6) is -0.971. The summed E-state index contributed by atoms with van der Waals surface area (Å²) in [6.07, 6.45) is 0. The molecule has 0 radical (unpaired) electrons. The summed E-state index contributed by atoms with van der Waals surface area (Å²) in [6.45, 7) is 6.18. The molecule has 66 valence electrons. The smallest absolute Gasteiger partial charge is 0.321 e. The van der Waals surface area contributed by atoms with Gasteiger partial charge in [0.1, 0.15) is 6.04 Å². The van der Waals surface area contributed by atoms with E-state index in [9.17, 15) is 4.79 Å². The lowest BCUT2D eigenvalue weighted by Gasteiger charge is -2.21. The summed E-state index contributed by atoms with van der Waals surface area (Å²) in [5, 5.41) is 11.4. The van der Waals surface area contributed by atoms with E-state index in [0.717, 1.165) is 0 Å². The minimum atomic E-state index is -0.971. The van der Waals surface area contributed by atoms with Crippen molar-refractivity contribution in [2.75, 3.05) is 6.54 Å². The quantitative estimate of drug-likeness (QED) is 0.534. The first-order valence-electron chi connectivity index (χ1n) is 3.56. The molecule has 0 spiro atoms. The van der Waals surface area contributed by atoms with Crippen molar-refractivity contribution < 1.29 is 9.90 Å². The average Bonchev–Trinajstić information content (AvgIpc) is 1.80. The Bertz CT molecular complexity index is 140. The molecule has 1 unspecified atom stereocenters. The first-order chi connectivity index (χ1) is 4.83. The second-order valence-electron chi connectivity index (χ2n) is 3.58. The second-order valence-corrected chi connectivity index (χ2v) is 3.58. The predicted octanol–water partition coefficient (Wildman–Crippen LogP) is -0.214. The molecule has 11 heavy (non-hydrogen) atoms. The molecule has 0 aliphatic rings. The zero-order valence-electron chi connectivity index (χ0n) is 7.22. The van der Waals surface area contributed by atoms with E-state index >= 15 is 0 Å². The Balaban J connectivity index is 3.63. The van der Waals surface area contributed by atoms with Crippen molar-refractivity contribution in [1.29, 1.82) is 0 Å². The van der Waals surface area contributed by atoms with Gasteiger partial charge in [0.2, 0.25) is 0 Å². The van der Waals surface area contributed by atoms with Gasteiger partial charge < -0.3 is 16.2 Å². The molecule has 0 aromatic heterocycles. The zero-order chi connectivity index (χ0) is 9.07. The largest absolute Gasteiger partial charge is 0.480 e. The summed E-state index contributed by atoms with van der Waals surface area (Å²) < 4.78 is 0. The standard InChI is InChI=1S/C7H16N2O2/c1-7(2,3)9-4-5(8)6(10)11/h5,9H,4,8H2,1-3H3,(H,10,11). The summed E-state index contributed by atoms with van der Waals surface area (Å²) in [4.78, 5) is 10.3. The van der Waals surface area contributed by atoms with Gasteiger partial charge in [0.25, 0.3) is 0 Å². The molecule has 0 rings (SSSR count). The SMILES string of the molecule is CC(C)(C)NCC(N)C(=O)O. The molecule has 4 nitrogen and oxygen atoms in total. The Labute approximate surface area is 66.8 Å². The third-order valence-corrected chi connectivity index (χ3v) is 1.17. The van der Waals surface area contributed by atoms with E-state index in [2.05, 4.69) is 5.32 Å². The minimum absolute atomic E-state index is 0.0763. The van der Waals surface area contributed by atoms with Crippen LogP contribution in [0.25, 0.3) is 0 Å². The lowest BCUT2D eigenvalue weighted by Crippen LogP contribution is -2.47. The maximum atomic E-state index is 10.3. The molecular formula is C7H16N2O2. The fourth-order valence-electron chi connectivity index (χ4n) is 0.503. The molecule has 0 aromatic carbocycles. The van der Waals surface area contributed by atoms with Crippen molar-refractivity contribution in [3.63, 3.8) is 0 Å². The number of hydrogen-bond acceptors (Lipinski definition) is 3. The van der Waals surface area contributed by atoms with Gasteiger partial charge in [0.05, 0.1) is 0 Å². The third-order valence-electron chi connectivity index (χ3n) is 1.17. The zero-order valence-corrected chi connectivity index (χ0v) is 7.22. The predicted molar refractivity (Wildman–Crippen MR) is 43.4 cm³/mol. The highest BCUT2D eigenvalue weighted by molar-refractivity contribution is 5.73. The molecular weight excluding hydrogens is 144 g/mol. The molecule has 0 aromatic rings. The van der Waals surface area contributed by atoms with Crippen LogP contribution >= 0.6 is 0 Å². The van der Waals surface area contributed by atoms with E-state index < -0.39 is 12.0 Å². The van der Waals surface area contributed by atoms with E-state index in [1.807, 2.05) is 20.8 Å². The van der Waals surface area contributed by atoms with Crippen LogP contribution in [0.15, 0.2) is 0 Å². The van der Waals surface area contributed by atoms with Gasteiger partial charge in [-0.15, -0.1) is 0 Å². The van der Waals surface area contributed by atoms with Crippen molar-refractivity contribution in [2.24, 2.45) is 5.73 Å². The Kier molecular flexibility index (Phi) is 3.48. The van der Waals surface area contributed by atoms with Gasteiger partial charge in [-0.2, -0.15) is 0 Å². The summed E-state index contributed by atoms with van der Waals surface area (Å²) in [7, 11) is 0. The Morgan fingerprint density at radius 1 is 1.64 bits per heavy atom. The van der Waals surface area contributed by atoms with E-state index in [-0.39, 0.29) is 5.54 Å². The summed E-state index contributed by atoms with van der Waals surface area (Å²) in [6, 6.07) is -0.811. The van der Waals surface area contributed by atoms with Gasteiger partial charge >= 0.3 is 5.97 Å². The third kappa shape index (κ3) is 5.82. The van der Waals surface area contributed by atoms with Crippen LogP contribution in [0.2, 0.25) is 0 Å². The van der Waals surface area contributed by atoms with Crippen LogP contribution in [0.1, 0.15) is 20.8 Å². The number of hydrogen-bond donors (Lipinski definition) is 3. The van der Waals surface area contributed by atoms with E-state index in [1.165, 1.54) is 0 Å². The number of aliphatic carboxylic acids is 1. The van der Waals surface area contributed by atoms with Crippen molar-refractivity contribution in [3.05, 3.63) is 0 Å². The highest BCUT2D eigenvalue weighted by atomic mass is 16.4. The highest BCUT2D eigenvalue weighted by Crippen LogP contribution is 1.97. The van der Waals surface area contributed by atoms with Crippen LogP contribution < -0.4 is 11.1 Å². The molecule has 0 saturated carbocycles. The monoisotopic (exact) mass is 160 g/mol. The Hall–Kier alpha value is -0.610. The van der Waals surface area contributed by atoms with Crippen molar-refractivity contribution in [1.82, 2.24) is 5.32 Å². The van der Waals surface area contributed by atoms with Gasteiger partial charge in [-0.1, -0.05) is 0 Å². The topological polar surface area (TPSA) is 75.3 Å². The van der Waals surface area contributed by atoms with Crippen LogP contribution in [-0.2, 0) is 4.79 Å². The summed E-state index contributed by atoms with van der Waals surface area (Å²) in [5.41, 5.74) is 5.19. The minimum Gasteiger partial charge on any atom is -0.480 e. The first-order valence-corrected chi connectivity index (χ1v) is 3.56. The fraction of sp³-hybridized carbons (Fsp3) is 0.857. The maximum Gasteiger partial charge on any atom is 0.321 e. The Morgan fingerprint density at radius 3 is 2.36 bits per heavy atom. The summed E-state index contributed by atoms with van der Waals surface area (Å²) >= 11 is 0. The molecule has 4 N–H and O–H groups in total. The number of rotatable bonds is 3. The number of carboxylic acid groups (broad SMARTS) is 1. The van der Waals surface area contributed by atoms with Crippen molar-refractivity contribution in [3.8, 4) is 0 Å². The average molecular weight is 160 g/mol. The van der Waals surface area contributed by atoms with E-state index in [0.29, 0.717) is 6.54 Å². The van der Waals surface area contributed by atoms with Crippen molar-refractivity contribution >= 4 is 5.97 Å². The molecule has 0 saturated heterocycles. The highest BCUT2D eigenvalue weighted by Gasteiger charge is 2.15. The number of carboxylic acids is 1. The molecule has 0 aliphatic carbocycles. The lowest BCUT2D eigenvalue weighted by molar-refractivity contribution is -0.138. The lowest BCUT2D eigenvalue weighted by atomic mass is 10.1. The van der Waals surface area contributed by atoms with Gasteiger partial charge in [-0.05, 0) is 20.8 Å². The van der Waals surface area contributed by atoms with Gasteiger partial charge in [-0.3, -0.25) is 4.79 Å². The van der Waals surface area contributed by atoms with Crippen LogP contribution in [0.3, 0.4) is 0 Å². The molecule has 0 aliphatic heterocycles. The number of nitrogens with two attached hydrogens (primary N) is 1. The van der Waals surface area contributed by atoms with Gasteiger partial charge in [-0.25, -0.2) is 0 Å². The second kappa shape index (κ2) is 3.69. The van der Waals surface area contributed by atoms with Gasteiger partial charge in [0, 0.05) is 12.1 Å². The first kappa shape index (κ1) is 10.4. The van der Waals surface area contributed by atoms with Crippen molar-refractivity contribution in [2.45, 2.75) is 32.4 Å². The molecule has 1 atom stereocenters. The van der Waals surface area contributed by atoms with Crippen LogP contribution in [0, 0.1) is 0 Å². The van der Waals surface area contributed by atoms with Crippen LogP contribution in [0.5, 0.6) is 0 Å². The number of carbonyl (C=O) groups is 1. The molecule has 4 heteroatoms. The maximum absolute atomic E-state index is 10.3. The molecule has 0 amide bonds.